The monoisotopic (exact) mass is 390 g/mol. The number of aliphatic imine (C=N–C) groups is 1. The average Bonchev–Trinajstić information content (AvgIpc) is 3.40. The first kappa shape index (κ1) is 19.5. The Hall–Kier alpha value is -2.82. The molecule has 2 aliphatic heterocycles. The lowest BCUT2D eigenvalue weighted by Crippen LogP contribution is -2.39. The largest absolute Gasteiger partial charge is 0.352 e. The number of likely N-dealkylation sites (tertiary alicyclic amines) is 2. The maximum atomic E-state index is 12.0. The summed E-state index contributed by atoms with van der Waals surface area (Å²) in [6.07, 6.45) is 2.81. The minimum atomic E-state index is 0.271. The van der Waals surface area contributed by atoms with Crippen molar-refractivity contribution in [2.45, 2.75) is 38.3 Å². The molecule has 2 heterocycles. The van der Waals surface area contributed by atoms with Gasteiger partial charge in [-0.05, 0) is 29.5 Å². The van der Waals surface area contributed by atoms with Crippen LogP contribution in [0.25, 0.3) is 0 Å². The molecule has 2 fully saturated rings. The van der Waals surface area contributed by atoms with E-state index in [9.17, 15) is 4.79 Å². The van der Waals surface area contributed by atoms with Crippen molar-refractivity contribution in [1.29, 1.82) is 0 Å². The molecule has 4 rings (SSSR count). The molecule has 2 aromatic rings. The van der Waals surface area contributed by atoms with E-state index in [1.54, 1.807) is 0 Å². The first-order valence-corrected chi connectivity index (χ1v) is 10.6. The van der Waals surface area contributed by atoms with Gasteiger partial charge in [-0.3, -0.25) is 9.79 Å². The highest BCUT2D eigenvalue weighted by Gasteiger charge is 2.26. The molecular formula is C24H30N4O. The van der Waals surface area contributed by atoms with Gasteiger partial charge >= 0.3 is 0 Å². The molecule has 0 radical (unpaired) electrons. The third kappa shape index (κ3) is 4.61. The average molecular weight is 391 g/mol. The molecule has 1 atom stereocenters. The lowest BCUT2D eigenvalue weighted by atomic mass is 9.99. The number of amides is 1. The number of nitrogens with zero attached hydrogens (tertiary/aromatic N) is 3. The molecule has 152 valence electrons. The van der Waals surface area contributed by atoms with E-state index in [-0.39, 0.29) is 5.91 Å². The SMILES string of the molecule is CN=C(NCc1ccccc1CN1CCCC1=O)N1CCC(c2ccccc2)C1. The summed E-state index contributed by atoms with van der Waals surface area (Å²) in [5, 5.41) is 3.55. The number of carbonyl (C=O) groups is 1. The van der Waals surface area contributed by atoms with Crippen molar-refractivity contribution in [2.75, 3.05) is 26.7 Å². The number of benzene rings is 2. The van der Waals surface area contributed by atoms with Crippen LogP contribution in [0, 0.1) is 0 Å². The quantitative estimate of drug-likeness (QED) is 0.629. The van der Waals surface area contributed by atoms with Crippen LogP contribution in [0.5, 0.6) is 0 Å². The number of hydrogen-bond acceptors (Lipinski definition) is 2. The van der Waals surface area contributed by atoms with Gasteiger partial charge in [0.05, 0.1) is 0 Å². The van der Waals surface area contributed by atoms with Crippen LogP contribution in [-0.2, 0) is 17.9 Å². The summed E-state index contributed by atoms with van der Waals surface area (Å²) in [5.74, 6) is 1.78. The predicted octanol–water partition coefficient (Wildman–Crippen LogP) is 3.37. The smallest absolute Gasteiger partial charge is 0.222 e. The summed E-state index contributed by atoms with van der Waals surface area (Å²) in [5.41, 5.74) is 3.85. The Morgan fingerprint density at radius 2 is 1.83 bits per heavy atom. The van der Waals surface area contributed by atoms with Gasteiger partial charge in [-0.2, -0.15) is 0 Å². The molecule has 29 heavy (non-hydrogen) atoms. The topological polar surface area (TPSA) is 47.9 Å². The van der Waals surface area contributed by atoms with Crippen LogP contribution >= 0.6 is 0 Å². The summed E-state index contributed by atoms with van der Waals surface area (Å²) in [6.45, 7) is 4.31. The maximum Gasteiger partial charge on any atom is 0.222 e. The van der Waals surface area contributed by atoms with Gasteiger partial charge in [0.2, 0.25) is 5.91 Å². The number of nitrogens with one attached hydrogen (secondary N) is 1. The van der Waals surface area contributed by atoms with Crippen LogP contribution in [-0.4, -0.2) is 48.3 Å². The van der Waals surface area contributed by atoms with Gasteiger partial charge in [-0.15, -0.1) is 0 Å². The molecule has 0 bridgehead atoms. The molecular weight excluding hydrogens is 360 g/mol. The molecule has 2 aliphatic rings. The molecule has 1 N–H and O–H groups in total. The summed E-state index contributed by atoms with van der Waals surface area (Å²) in [7, 11) is 1.85. The van der Waals surface area contributed by atoms with Crippen molar-refractivity contribution in [3.8, 4) is 0 Å². The highest BCUT2D eigenvalue weighted by molar-refractivity contribution is 5.80. The van der Waals surface area contributed by atoms with Crippen LogP contribution in [0.2, 0.25) is 0 Å². The summed E-state index contributed by atoms with van der Waals surface area (Å²) in [4.78, 5) is 20.9. The van der Waals surface area contributed by atoms with E-state index in [4.69, 9.17) is 0 Å². The molecule has 0 spiro atoms. The van der Waals surface area contributed by atoms with E-state index in [1.807, 2.05) is 11.9 Å². The van der Waals surface area contributed by atoms with Gasteiger partial charge in [0, 0.05) is 52.1 Å². The van der Waals surface area contributed by atoms with Crippen molar-refractivity contribution in [3.05, 3.63) is 71.3 Å². The lowest BCUT2D eigenvalue weighted by molar-refractivity contribution is -0.128. The fraction of sp³-hybridized carbons (Fsp3) is 0.417. The molecule has 0 saturated carbocycles. The van der Waals surface area contributed by atoms with E-state index in [0.29, 0.717) is 18.9 Å². The molecule has 1 unspecified atom stereocenters. The number of carbonyl (C=O) groups excluding carboxylic acids is 1. The van der Waals surface area contributed by atoms with Crippen molar-refractivity contribution in [2.24, 2.45) is 4.99 Å². The minimum absolute atomic E-state index is 0.271. The second-order valence-corrected chi connectivity index (χ2v) is 7.93. The van der Waals surface area contributed by atoms with Gasteiger partial charge in [0.1, 0.15) is 0 Å². The first-order valence-electron chi connectivity index (χ1n) is 10.6. The van der Waals surface area contributed by atoms with Crippen molar-refractivity contribution in [1.82, 2.24) is 15.1 Å². The molecule has 2 aromatic carbocycles. The molecule has 1 amide bonds. The highest BCUT2D eigenvalue weighted by Crippen LogP contribution is 2.27. The Kier molecular flexibility index (Phi) is 6.13. The van der Waals surface area contributed by atoms with E-state index < -0.39 is 0 Å². The van der Waals surface area contributed by atoms with E-state index in [1.165, 1.54) is 16.7 Å². The maximum absolute atomic E-state index is 12.0. The van der Waals surface area contributed by atoms with Crippen LogP contribution < -0.4 is 5.32 Å². The Morgan fingerprint density at radius 1 is 1.07 bits per heavy atom. The van der Waals surface area contributed by atoms with Gasteiger partial charge in [0.15, 0.2) is 5.96 Å². The van der Waals surface area contributed by atoms with Gasteiger partial charge in [-0.25, -0.2) is 0 Å². The molecule has 0 aliphatic carbocycles. The highest BCUT2D eigenvalue weighted by atomic mass is 16.2. The fourth-order valence-electron chi connectivity index (χ4n) is 4.42. The lowest BCUT2D eigenvalue weighted by Gasteiger charge is -2.23. The minimum Gasteiger partial charge on any atom is -0.352 e. The van der Waals surface area contributed by atoms with E-state index in [2.05, 4.69) is 69.8 Å². The van der Waals surface area contributed by atoms with Gasteiger partial charge < -0.3 is 15.1 Å². The van der Waals surface area contributed by atoms with E-state index in [0.717, 1.165) is 45.0 Å². The van der Waals surface area contributed by atoms with Gasteiger partial charge in [0.25, 0.3) is 0 Å². The Balaban J connectivity index is 1.37. The zero-order valence-electron chi connectivity index (χ0n) is 17.2. The first-order chi connectivity index (χ1) is 14.2. The van der Waals surface area contributed by atoms with Crippen LogP contribution in [0.1, 0.15) is 41.9 Å². The third-order valence-electron chi connectivity index (χ3n) is 6.06. The second kappa shape index (κ2) is 9.12. The van der Waals surface area contributed by atoms with Crippen molar-refractivity contribution in [3.63, 3.8) is 0 Å². The molecule has 0 aromatic heterocycles. The van der Waals surface area contributed by atoms with Gasteiger partial charge in [-0.1, -0.05) is 54.6 Å². The Morgan fingerprint density at radius 3 is 2.55 bits per heavy atom. The normalized spacial score (nSPS) is 19.8. The second-order valence-electron chi connectivity index (χ2n) is 7.93. The van der Waals surface area contributed by atoms with Crippen LogP contribution in [0.3, 0.4) is 0 Å². The van der Waals surface area contributed by atoms with Crippen LogP contribution in [0.4, 0.5) is 0 Å². The summed E-state index contributed by atoms with van der Waals surface area (Å²) < 4.78 is 0. The third-order valence-corrected chi connectivity index (χ3v) is 6.06. The fourth-order valence-corrected chi connectivity index (χ4v) is 4.42. The molecule has 2 saturated heterocycles. The van der Waals surface area contributed by atoms with Crippen molar-refractivity contribution < 1.29 is 4.79 Å². The molecule has 5 heteroatoms. The Bertz CT molecular complexity index is 864. The molecule has 5 nitrogen and oxygen atoms in total. The predicted molar refractivity (Wildman–Crippen MR) is 117 cm³/mol. The number of guanidine groups is 1. The summed E-state index contributed by atoms with van der Waals surface area (Å²) in [6, 6.07) is 19.2. The number of hydrogen-bond donors (Lipinski definition) is 1. The zero-order chi connectivity index (χ0) is 20.1. The van der Waals surface area contributed by atoms with E-state index >= 15 is 0 Å². The van der Waals surface area contributed by atoms with Crippen molar-refractivity contribution >= 4 is 11.9 Å². The zero-order valence-corrected chi connectivity index (χ0v) is 17.2. The van der Waals surface area contributed by atoms with Crippen LogP contribution in [0.15, 0.2) is 59.6 Å². The summed E-state index contributed by atoms with van der Waals surface area (Å²) >= 11 is 0. The Labute approximate surface area is 173 Å². The standard InChI is InChI=1S/C24H30N4O/c1-25-24(28-15-13-22(18-28)19-8-3-2-4-9-19)26-16-20-10-5-6-11-21(20)17-27-14-7-12-23(27)29/h2-6,8-11,22H,7,12-18H2,1H3,(H,25,26). The number of rotatable bonds is 5.